The third-order valence-corrected chi connectivity index (χ3v) is 4.09. The summed E-state index contributed by atoms with van der Waals surface area (Å²) in [4.78, 5) is 28.5. The van der Waals surface area contributed by atoms with Crippen LogP contribution in [0.1, 0.15) is 5.56 Å². The van der Waals surface area contributed by atoms with Gasteiger partial charge >= 0.3 is 5.69 Å². The minimum absolute atomic E-state index is 0.293. The summed E-state index contributed by atoms with van der Waals surface area (Å²) < 4.78 is 3.92. The first-order valence-electron chi connectivity index (χ1n) is 7.08. The normalized spacial score (nSPS) is 11.5. The van der Waals surface area contributed by atoms with Crippen molar-refractivity contribution in [3.63, 3.8) is 0 Å². The topological polar surface area (TPSA) is 86.2 Å². The number of fused-ring (bicyclic) bond motifs is 1. The van der Waals surface area contributed by atoms with E-state index in [1.807, 2.05) is 18.2 Å². The molecule has 0 bridgehead atoms. The highest BCUT2D eigenvalue weighted by Crippen LogP contribution is 2.14. The van der Waals surface area contributed by atoms with Crippen LogP contribution in [0.25, 0.3) is 11.2 Å². The van der Waals surface area contributed by atoms with Gasteiger partial charge in [0.2, 0.25) is 5.95 Å². The number of imidazole rings is 1. The van der Waals surface area contributed by atoms with Crippen LogP contribution in [0.3, 0.4) is 0 Å². The Hall–Kier alpha value is -2.87. The van der Waals surface area contributed by atoms with Crippen LogP contribution in [0.15, 0.2) is 39.0 Å². The fourth-order valence-corrected chi connectivity index (χ4v) is 2.54. The molecule has 0 amide bonds. The van der Waals surface area contributed by atoms with E-state index in [2.05, 4.69) is 15.5 Å². The molecule has 1 N–H and O–H groups in total. The number of aromatic nitrogens is 4. The molecular weight excluding hydrogens is 332 g/mol. The third-order valence-electron chi connectivity index (χ3n) is 3.75. The number of rotatable bonds is 3. The summed E-state index contributed by atoms with van der Waals surface area (Å²) in [5.41, 5.74) is 3.28. The molecule has 3 aromatic rings. The summed E-state index contributed by atoms with van der Waals surface area (Å²) in [6.07, 6.45) is 1.55. The molecule has 9 heteroatoms. The van der Waals surface area contributed by atoms with Gasteiger partial charge in [0.25, 0.3) is 5.56 Å². The Labute approximate surface area is 141 Å². The van der Waals surface area contributed by atoms with Crippen LogP contribution in [-0.4, -0.2) is 24.9 Å². The lowest BCUT2D eigenvalue weighted by Crippen LogP contribution is -2.37. The van der Waals surface area contributed by atoms with E-state index in [0.717, 1.165) is 10.1 Å². The van der Waals surface area contributed by atoms with Gasteiger partial charge in [0, 0.05) is 31.7 Å². The average molecular weight is 347 g/mol. The lowest BCUT2D eigenvalue weighted by Gasteiger charge is -2.03. The van der Waals surface area contributed by atoms with E-state index in [0.29, 0.717) is 22.1 Å². The number of halogens is 1. The van der Waals surface area contributed by atoms with E-state index in [1.165, 1.54) is 11.6 Å². The first-order valence-corrected chi connectivity index (χ1v) is 7.45. The number of hydrogen-bond acceptors (Lipinski definition) is 5. The molecule has 0 spiro atoms. The largest absolute Gasteiger partial charge is 0.332 e. The van der Waals surface area contributed by atoms with Gasteiger partial charge in [-0.25, -0.2) is 10.2 Å². The summed E-state index contributed by atoms with van der Waals surface area (Å²) in [6, 6.07) is 7.26. The first kappa shape index (κ1) is 16.0. The molecule has 2 aromatic heterocycles. The standard InChI is InChI=1S/C15H15ClN6O2/c1-20-11-12(21(2)15(24)22(3)13(11)23)18-14(20)19-17-8-9-6-4-5-7-10(9)16/h4-8H,1-3H3,(H,18,19)/b17-8+. The maximum Gasteiger partial charge on any atom is 0.332 e. The van der Waals surface area contributed by atoms with E-state index in [-0.39, 0.29) is 0 Å². The van der Waals surface area contributed by atoms with Crippen LogP contribution in [-0.2, 0) is 21.1 Å². The van der Waals surface area contributed by atoms with Gasteiger partial charge in [-0.2, -0.15) is 10.1 Å². The van der Waals surface area contributed by atoms with Gasteiger partial charge in [-0.05, 0) is 6.07 Å². The van der Waals surface area contributed by atoms with Crippen LogP contribution in [0, 0.1) is 0 Å². The third kappa shape index (κ3) is 2.50. The molecule has 8 nitrogen and oxygen atoms in total. The van der Waals surface area contributed by atoms with Crippen molar-refractivity contribution >= 4 is 34.9 Å². The van der Waals surface area contributed by atoms with E-state index in [9.17, 15) is 9.59 Å². The molecule has 0 saturated carbocycles. The van der Waals surface area contributed by atoms with Gasteiger partial charge in [-0.3, -0.25) is 13.9 Å². The Bertz CT molecular complexity index is 1080. The summed E-state index contributed by atoms with van der Waals surface area (Å²) >= 11 is 6.06. The lowest BCUT2D eigenvalue weighted by atomic mass is 10.2. The lowest BCUT2D eigenvalue weighted by molar-refractivity contribution is 0.705. The maximum absolute atomic E-state index is 12.3. The Morgan fingerprint density at radius 3 is 2.54 bits per heavy atom. The summed E-state index contributed by atoms with van der Waals surface area (Å²) in [6.45, 7) is 0. The monoisotopic (exact) mass is 346 g/mol. The second-order valence-electron chi connectivity index (χ2n) is 5.26. The number of hydrazone groups is 1. The van der Waals surface area contributed by atoms with Gasteiger partial charge in [0.1, 0.15) is 0 Å². The van der Waals surface area contributed by atoms with Crippen LogP contribution in [0.5, 0.6) is 0 Å². The van der Waals surface area contributed by atoms with Crippen LogP contribution in [0.2, 0.25) is 5.02 Å². The SMILES string of the molecule is Cn1c(=O)c2c(nc(N/N=C/c3ccccc3Cl)n2C)n(C)c1=O. The number of aryl methyl sites for hydroxylation is 2. The van der Waals surface area contributed by atoms with Crippen LogP contribution in [0.4, 0.5) is 5.95 Å². The second kappa shape index (κ2) is 5.97. The van der Waals surface area contributed by atoms with Gasteiger partial charge in [0.15, 0.2) is 11.2 Å². The van der Waals surface area contributed by atoms with E-state index >= 15 is 0 Å². The number of nitrogens with zero attached hydrogens (tertiary/aromatic N) is 5. The highest BCUT2D eigenvalue weighted by Gasteiger charge is 2.16. The minimum Gasteiger partial charge on any atom is -0.306 e. The molecule has 24 heavy (non-hydrogen) atoms. The molecule has 0 atom stereocenters. The highest BCUT2D eigenvalue weighted by molar-refractivity contribution is 6.33. The van der Waals surface area contributed by atoms with Gasteiger partial charge in [-0.1, -0.05) is 29.8 Å². The molecule has 0 aliphatic carbocycles. The molecule has 3 rings (SSSR count). The Morgan fingerprint density at radius 2 is 1.83 bits per heavy atom. The minimum atomic E-state index is -0.434. The Kier molecular flexibility index (Phi) is 3.98. The number of hydrogen-bond donors (Lipinski definition) is 1. The van der Waals surface area contributed by atoms with E-state index in [1.54, 1.807) is 30.9 Å². The van der Waals surface area contributed by atoms with Crippen molar-refractivity contribution in [2.24, 2.45) is 26.2 Å². The van der Waals surface area contributed by atoms with Crippen molar-refractivity contribution in [3.8, 4) is 0 Å². The van der Waals surface area contributed by atoms with Crippen molar-refractivity contribution in [2.75, 3.05) is 5.43 Å². The Balaban J connectivity index is 2.03. The molecule has 0 unspecified atom stereocenters. The van der Waals surface area contributed by atoms with E-state index < -0.39 is 11.2 Å². The summed E-state index contributed by atoms with van der Waals surface area (Å²) in [5, 5.41) is 4.67. The molecule has 0 fully saturated rings. The zero-order valence-electron chi connectivity index (χ0n) is 13.3. The summed E-state index contributed by atoms with van der Waals surface area (Å²) in [7, 11) is 4.67. The quantitative estimate of drug-likeness (QED) is 0.567. The molecule has 1 aromatic carbocycles. The summed E-state index contributed by atoms with van der Waals surface area (Å²) in [5.74, 6) is 0.339. The zero-order valence-corrected chi connectivity index (χ0v) is 14.1. The molecule has 0 aliphatic rings. The van der Waals surface area contributed by atoms with Crippen LogP contribution >= 0.6 is 11.6 Å². The number of benzene rings is 1. The molecule has 0 aliphatic heterocycles. The molecule has 2 heterocycles. The first-order chi connectivity index (χ1) is 11.4. The fourth-order valence-electron chi connectivity index (χ4n) is 2.36. The van der Waals surface area contributed by atoms with Gasteiger partial charge in [0.05, 0.1) is 6.21 Å². The molecular formula is C15H15ClN6O2. The predicted molar refractivity (Wildman–Crippen MR) is 93.9 cm³/mol. The average Bonchev–Trinajstić information content (AvgIpc) is 2.90. The fraction of sp³-hybridized carbons (Fsp3) is 0.200. The highest BCUT2D eigenvalue weighted by atomic mass is 35.5. The van der Waals surface area contributed by atoms with Crippen molar-refractivity contribution < 1.29 is 0 Å². The molecule has 124 valence electrons. The van der Waals surface area contributed by atoms with Gasteiger partial charge in [-0.15, -0.1) is 0 Å². The zero-order chi connectivity index (χ0) is 17.4. The Morgan fingerprint density at radius 1 is 1.12 bits per heavy atom. The predicted octanol–water partition coefficient (Wildman–Crippen LogP) is 1.07. The van der Waals surface area contributed by atoms with Crippen molar-refractivity contribution in [3.05, 3.63) is 55.7 Å². The van der Waals surface area contributed by atoms with Crippen LogP contribution < -0.4 is 16.7 Å². The maximum atomic E-state index is 12.3. The van der Waals surface area contributed by atoms with Gasteiger partial charge < -0.3 is 4.57 Å². The second-order valence-corrected chi connectivity index (χ2v) is 5.67. The van der Waals surface area contributed by atoms with Crippen molar-refractivity contribution in [2.45, 2.75) is 0 Å². The number of anilines is 1. The van der Waals surface area contributed by atoms with Crippen molar-refractivity contribution in [1.82, 2.24) is 18.7 Å². The van der Waals surface area contributed by atoms with Crippen molar-refractivity contribution in [1.29, 1.82) is 0 Å². The van der Waals surface area contributed by atoms with E-state index in [4.69, 9.17) is 11.6 Å². The number of nitrogens with one attached hydrogen (secondary N) is 1. The smallest absolute Gasteiger partial charge is 0.306 e. The molecule has 0 radical (unpaired) electrons. The molecule has 0 saturated heterocycles.